The third-order valence-corrected chi connectivity index (χ3v) is 4.29. The van der Waals surface area contributed by atoms with Crippen LogP contribution in [0.5, 0.6) is 0 Å². The first kappa shape index (κ1) is 18.0. The predicted octanol–water partition coefficient (Wildman–Crippen LogP) is 3.50. The summed E-state index contributed by atoms with van der Waals surface area (Å²) in [5, 5.41) is 0. The van der Waals surface area contributed by atoms with E-state index in [2.05, 4.69) is 0 Å². The second-order valence-electron chi connectivity index (χ2n) is 6.19. The molecule has 1 fully saturated rings. The molecule has 0 saturated carbocycles. The summed E-state index contributed by atoms with van der Waals surface area (Å²) in [7, 11) is 0. The first-order chi connectivity index (χ1) is 12.3. The summed E-state index contributed by atoms with van der Waals surface area (Å²) >= 11 is 0. The van der Waals surface area contributed by atoms with Crippen molar-refractivity contribution in [1.82, 2.24) is 4.90 Å². The number of piperazine rings is 1. The second-order valence-corrected chi connectivity index (χ2v) is 6.19. The molecule has 7 heteroatoms. The van der Waals surface area contributed by atoms with E-state index in [9.17, 15) is 22.8 Å². The van der Waals surface area contributed by atoms with Crippen molar-refractivity contribution in [3.05, 3.63) is 65.2 Å². The zero-order valence-electron chi connectivity index (χ0n) is 14.1. The molecule has 1 heterocycles. The van der Waals surface area contributed by atoms with Gasteiger partial charge in [0.05, 0.1) is 5.56 Å². The molecule has 0 unspecified atom stereocenters. The minimum Gasteiger partial charge on any atom is -0.328 e. The Morgan fingerprint density at radius 1 is 1.04 bits per heavy atom. The van der Waals surface area contributed by atoms with E-state index in [1.54, 1.807) is 4.90 Å². The number of aryl methyl sites for hydroxylation is 1. The molecule has 0 spiro atoms. The number of amides is 2. The van der Waals surface area contributed by atoms with Crippen LogP contribution in [0.15, 0.2) is 48.5 Å². The Balaban J connectivity index is 1.73. The van der Waals surface area contributed by atoms with Crippen molar-refractivity contribution in [2.24, 2.45) is 0 Å². The number of halogens is 3. The number of benzene rings is 2. The van der Waals surface area contributed by atoms with Crippen LogP contribution in [0.25, 0.3) is 0 Å². The number of hydrogen-bond donors (Lipinski definition) is 0. The molecule has 136 valence electrons. The quantitative estimate of drug-likeness (QED) is 0.820. The fourth-order valence-corrected chi connectivity index (χ4v) is 2.86. The number of rotatable bonds is 2. The van der Waals surface area contributed by atoms with Gasteiger partial charge in [0.15, 0.2) is 0 Å². The van der Waals surface area contributed by atoms with Crippen LogP contribution in [-0.4, -0.2) is 36.3 Å². The minimum atomic E-state index is -4.52. The highest BCUT2D eigenvalue weighted by molar-refractivity contribution is 6.01. The molecule has 4 nitrogen and oxygen atoms in total. The molecule has 0 atom stereocenters. The van der Waals surface area contributed by atoms with Gasteiger partial charge in [0.25, 0.3) is 5.91 Å². The van der Waals surface area contributed by atoms with Gasteiger partial charge in [0.1, 0.15) is 6.54 Å². The second kappa shape index (κ2) is 6.82. The summed E-state index contributed by atoms with van der Waals surface area (Å²) in [5.74, 6) is -0.839. The number of nitrogens with zero attached hydrogens (tertiary/aromatic N) is 2. The third kappa shape index (κ3) is 3.71. The largest absolute Gasteiger partial charge is 0.416 e. The van der Waals surface area contributed by atoms with E-state index in [1.807, 2.05) is 31.2 Å². The summed E-state index contributed by atoms with van der Waals surface area (Å²) in [5.41, 5.74) is 0.857. The van der Waals surface area contributed by atoms with Gasteiger partial charge >= 0.3 is 6.18 Å². The van der Waals surface area contributed by atoms with Crippen molar-refractivity contribution in [3.63, 3.8) is 0 Å². The Bertz CT molecular complexity index is 831. The molecule has 26 heavy (non-hydrogen) atoms. The van der Waals surface area contributed by atoms with Crippen LogP contribution < -0.4 is 4.90 Å². The number of carbonyl (C=O) groups is 2. The first-order valence-electron chi connectivity index (χ1n) is 8.09. The van der Waals surface area contributed by atoms with E-state index in [0.717, 1.165) is 23.4 Å². The van der Waals surface area contributed by atoms with E-state index in [0.29, 0.717) is 6.54 Å². The van der Waals surface area contributed by atoms with Gasteiger partial charge in [-0.05, 0) is 37.3 Å². The maximum Gasteiger partial charge on any atom is 0.416 e. The van der Waals surface area contributed by atoms with Gasteiger partial charge in [-0.1, -0.05) is 23.8 Å². The summed E-state index contributed by atoms with van der Waals surface area (Å²) in [6.45, 7) is 2.33. The average molecular weight is 362 g/mol. The standard InChI is InChI=1S/C19H17F3N2O2/c1-13-5-7-16(8-6-13)24-10-9-23(12-17(24)25)18(26)14-3-2-4-15(11-14)19(20,21)22/h2-8,11H,9-10,12H2,1H3. The monoisotopic (exact) mass is 362 g/mol. The van der Waals surface area contributed by atoms with Gasteiger partial charge in [0.2, 0.25) is 5.91 Å². The number of anilines is 1. The highest BCUT2D eigenvalue weighted by Crippen LogP contribution is 2.30. The van der Waals surface area contributed by atoms with E-state index in [1.165, 1.54) is 17.0 Å². The van der Waals surface area contributed by atoms with Gasteiger partial charge in [0, 0.05) is 24.3 Å². The summed E-state index contributed by atoms with van der Waals surface area (Å²) < 4.78 is 38.5. The van der Waals surface area contributed by atoms with Crippen molar-refractivity contribution >= 4 is 17.5 Å². The highest BCUT2D eigenvalue weighted by atomic mass is 19.4. The Morgan fingerprint density at radius 2 is 1.73 bits per heavy atom. The molecule has 0 aromatic heterocycles. The zero-order valence-corrected chi connectivity index (χ0v) is 14.1. The molecule has 0 bridgehead atoms. The molecular formula is C19H17F3N2O2. The van der Waals surface area contributed by atoms with E-state index >= 15 is 0 Å². The van der Waals surface area contributed by atoms with Crippen molar-refractivity contribution in [3.8, 4) is 0 Å². The molecule has 3 rings (SSSR count). The summed E-state index contributed by atoms with van der Waals surface area (Å²) in [4.78, 5) is 27.8. The highest BCUT2D eigenvalue weighted by Gasteiger charge is 2.32. The van der Waals surface area contributed by atoms with Gasteiger partial charge < -0.3 is 9.80 Å². The maximum atomic E-state index is 12.8. The Hall–Kier alpha value is -2.83. The molecule has 1 saturated heterocycles. The van der Waals surface area contributed by atoms with E-state index in [4.69, 9.17) is 0 Å². The van der Waals surface area contributed by atoms with Crippen molar-refractivity contribution < 1.29 is 22.8 Å². The topological polar surface area (TPSA) is 40.6 Å². The lowest BCUT2D eigenvalue weighted by Gasteiger charge is -2.34. The SMILES string of the molecule is Cc1ccc(N2CCN(C(=O)c3cccc(C(F)(F)F)c3)CC2=O)cc1. The molecule has 0 N–H and O–H groups in total. The molecule has 0 aliphatic carbocycles. The first-order valence-corrected chi connectivity index (χ1v) is 8.09. The zero-order chi connectivity index (χ0) is 18.9. The lowest BCUT2D eigenvalue weighted by Crippen LogP contribution is -2.52. The number of alkyl halides is 3. The maximum absolute atomic E-state index is 12.8. The van der Waals surface area contributed by atoms with Crippen LogP contribution >= 0.6 is 0 Å². The molecule has 0 radical (unpaired) electrons. The van der Waals surface area contributed by atoms with Gasteiger partial charge in [-0.15, -0.1) is 0 Å². The fourth-order valence-electron chi connectivity index (χ4n) is 2.86. The van der Waals surface area contributed by atoms with Crippen LogP contribution in [0.4, 0.5) is 18.9 Å². The van der Waals surface area contributed by atoms with Crippen LogP contribution in [0.1, 0.15) is 21.5 Å². The minimum absolute atomic E-state index is 0.0728. The lowest BCUT2D eigenvalue weighted by atomic mass is 10.1. The van der Waals surface area contributed by atoms with Crippen molar-refractivity contribution in [1.29, 1.82) is 0 Å². The van der Waals surface area contributed by atoms with Crippen LogP contribution in [0.3, 0.4) is 0 Å². The molecule has 2 aromatic rings. The molecule has 1 aliphatic rings. The molecule has 1 aliphatic heterocycles. The number of hydrogen-bond acceptors (Lipinski definition) is 2. The van der Waals surface area contributed by atoms with Gasteiger partial charge in [-0.2, -0.15) is 13.2 Å². The van der Waals surface area contributed by atoms with E-state index in [-0.39, 0.29) is 24.6 Å². The van der Waals surface area contributed by atoms with Gasteiger partial charge in [-0.25, -0.2) is 0 Å². The lowest BCUT2D eigenvalue weighted by molar-refractivity contribution is -0.137. The number of carbonyl (C=O) groups excluding carboxylic acids is 2. The molecule has 2 amide bonds. The summed E-state index contributed by atoms with van der Waals surface area (Å²) in [6, 6.07) is 11.7. The Kier molecular flexibility index (Phi) is 4.71. The fraction of sp³-hybridized carbons (Fsp3) is 0.263. The van der Waals surface area contributed by atoms with Crippen LogP contribution in [0.2, 0.25) is 0 Å². The Labute approximate surface area is 148 Å². The van der Waals surface area contributed by atoms with Crippen LogP contribution in [0, 0.1) is 6.92 Å². The molecule has 2 aromatic carbocycles. The smallest absolute Gasteiger partial charge is 0.328 e. The third-order valence-electron chi connectivity index (χ3n) is 4.29. The average Bonchev–Trinajstić information content (AvgIpc) is 2.61. The van der Waals surface area contributed by atoms with Crippen molar-refractivity contribution in [2.45, 2.75) is 13.1 Å². The van der Waals surface area contributed by atoms with Crippen molar-refractivity contribution in [2.75, 3.05) is 24.5 Å². The van der Waals surface area contributed by atoms with E-state index < -0.39 is 17.6 Å². The summed E-state index contributed by atoms with van der Waals surface area (Å²) in [6.07, 6.45) is -4.52. The molecular weight excluding hydrogens is 345 g/mol. The van der Waals surface area contributed by atoms with Gasteiger partial charge in [-0.3, -0.25) is 9.59 Å². The normalized spacial score (nSPS) is 15.3. The predicted molar refractivity (Wildman–Crippen MR) is 90.9 cm³/mol. The Morgan fingerprint density at radius 3 is 2.35 bits per heavy atom. The van der Waals surface area contributed by atoms with Crippen LogP contribution in [-0.2, 0) is 11.0 Å².